The van der Waals surface area contributed by atoms with Gasteiger partial charge in [0.05, 0.1) is 12.5 Å². The van der Waals surface area contributed by atoms with Gasteiger partial charge in [-0.1, -0.05) is 17.7 Å². The normalized spacial score (nSPS) is 20.4. The number of amides is 3. The highest BCUT2D eigenvalue weighted by atomic mass is 16.6. The second kappa shape index (κ2) is 8.63. The molecule has 7 nitrogen and oxygen atoms in total. The van der Waals surface area contributed by atoms with Crippen LogP contribution in [0.2, 0.25) is 0 Å². The molecule has 2 saturated heterocycles. The zero-order valence-electron chi connectivity index (χ0n) is 16.9. The quantitative estimate of drug-likeness (QED) is 0.860. The van der Waals surface area contributed by atoms with Gasteiger partial charge in [0.15, 0.2) is 0 Å². The zero-order valence-corrected chi connectivity index (χ0v) is 16.9. The summed E-state index contributed by atoms with van der Waals surface area (Å²) in [6.45, 7) is 7.71. The first-order valence-electron chi connectivity index (χ1n) is 9.98. The van der Waals surface area contributed by atoms with Crippen molar-refractivity contribution in [2.75, 3.05) is 31.1 Å². The van der Waals surface area contributed by atoms with E-state index in [2.05, 4.69) is 5.32 Å². The molecule has 0 aliphatic carbocycles. The van der Waals surface area contributed by atoms with Gasteiger partial charge < -0.3 is 19.9 Å². The van der Waals surface area contributed by atoms with Crippen LogP contribution in [0.15, 0.2) is 18.2 Å². The lowest BCUT2D eigenvalue weighted by Crippen LogP contribution is -2.48. The lowest BCUT2D eigenvalue weighted by atomic mass is 10.0. The number of piperidine rings is 1. The average Bonchev–Trinajstić information content (AvgIpc) is 3.04. The number of hydrogen-bond donors (Lipinski definition) is 1. The van der Waals surface area contributed by atoms with Crippen molar-refractivity contribution in [2.24, 2.45) is 5.92 Å². The topological polar surface area (TPSA) is 79.0 Å². The number of anilines is 1. The molecule has 0 saturated carbocycles. The summed E-state index contributed by atoms with van der Waals surface area (Å²) in [5.74, 6) is -0.421. The number of nitrogens with zero attached hydrogens (tertiary/aromatic N) is 2. The van der Waals surface area contributed by atoms with E-state index in [1.165, 1.54) is 0 Å². The van der Waals surface area contributed by atoms with Gasteiger partial charge in [-0.15, -0.1) is 0 Å². The summed E-state index contributed by atoms with van der Waals surface area (Å²) in [6, 6.07) is 6.02. The van der Waals surface area contributed by atoms with Crippen LogP contribution in [-0.2, 0) is 14.3 Å². The van der Waals surface area contributed by atoms with Crippen LogP contribution in [-0.4, -0.2) is 55.1 Å². The molecule has 7 heteroatoms. The van der Waals surface area contributed by atoms with Gasteiger partial charge >= 0.3 is 6.09 Å². The second-order valence-electron chi connectivity index (χ2n) is 7.66. The number of ether oxygens (including phenoxy) is 1. The van der Waals surface area contributed by atoms with Crippen molar-refractivity contribution in [1.82, 2.24) is 10.2 Å². The maximum atomic E-state index is 12.7. The fraction of sp³-hybridized carbons (Fsp3) is 0.571. The molecule has 1 unspecified atom stereocenters. The Morgan fingerprint density at radius 1 is 1.21 bits per heavy atom. The van der Waals surface area contributed by atoms with Gasteiger partial charge in [-0.25, -0.2) is 4.79 Å². The van der Waals surface area contributed by atoms with Gasteiger partial charge in [-0.3, -0.25) is 9.59 Å². The molecule has 2 heterocycles. The number of hydrogen-bond acceptors (Lipinski definition) is 4. The molecule has 1 atom stereocenters. The smallest absolute Gasteiger partial charge is 0.409 e. The maximum absolute atomic E-state index is 12.7. The minimum absolute atomic E-state index is 0.00997. The molecule has 2 fully saturated rings. The van der Waals surface area contributed by atoms with Crippen molar-refractivity contribution in [3.05, 3.63) is 29.3 Å². The summed E-state index contributed by atoms with van der Waals surface area (Å²) >= 11 is 0. The third-order valence-electron chi connectivity index (χ3n) is 5.51. The Bertz CT molecular complexity index is 756. The number of likely N-dealkylation sites (tertiary alicyclic amines) is 1. The standard InChI is InChI=1S/C21H29N3O4/c1-4-28-21(27)23-9-7-17(8-10-23)22-20(26)16-12-19(25)24(13-16)18-6-5-14(2)11-15(18)3/h5-6,11,16-17H,4,7-10,12-13H2,1-3H3,(H,22,26). The number of nitrogens with one attached hydrogen (secondary N) is 1. The van der Waals surface area contributed by atoms with E-state index >= 15 is 0 Å². The number of carbonyl (C=O) groups excluding carboxylic acids is 3. The van der Waals surface area contributed by atoms with Gasteiger partial charge in [-0.2, -0.15) is 0 Å². The van der Waals surface area contributed by atoms with Crippen molar-refractivity contribution in [1.29, 1.82) is 0 Å². The molecule has 0 aromatic heterocycles. The Labute approximate surface area is 166 Å². The zero-order chi connectivity index (χ0) is 20.3. The fourth-order valence-electron chi connectivity index (χ4n) is 3.96. The first-order valence-corrected chi connectivity index (χ1v) is 9.98. The average molecular weight is 387 g/mol. The van der Waals surface area contributed by atoms with Crippen LogP contribution in [0.1, 0.15) is 37.3 Å². The number of rotatable bonds is 4. The van der Waals surface area contributed by atoms with Crippen LogP contribution in [0.4, 0.5) is 10.5 Å². The van der Waals surface area contributed by atoms with Gasteiger partial charge in [-0.05, 0) is 45.2 Å². The van der Waals surface area contributed by atoms with Crippen molar-refractivity contribution < 1.29 is 19.1 Å². The Morgan fingerprint density at radius 2 is 1.93 bits per heavy atom. The van der Waals surface area contributed by atoms with E-state index in [-0.39, 0.29) is 36.3 Å². The second-order valence-corrected chi connectivity index (χ2v) is 7.66. The van der Waals surface area contributed by atoms with E-state index in [0.717, 1.165) is 16.8 Å². The van der Waals surface area contributed by atoms with Gasteiger partial charge in [0, 0.05) is 37.8 Å². The molecule has 28 heavy (non-hydrogen) atoms. The van der Waals surface area contributed by atoms with Crippen molar-refractivity contribution in [3.8, 4) is 0 Å². The van der Waals surface area contributed by atoms with E-state index in [4.69, 9.17) is 4.74 Å². The summed E-state index contributed by atoms with van der Waals surface area (Å²) in [7, 11) is 0. The summed E-state index contributed by atoms with van der Waals surface area (Å²) in [4.78, 5) is 40.3. The minimum atomic E-state index is -0.337. The lowest BCUT2D eigenvalue weighted by molar-refractivity contribution is -0.127. The van der Waals surface area contributed by atoms with Crippen LogP contribution in [0.25, 0.3) is 0 Å². The molecule has 1 N–H and O–H groups in total. The van der Waals surface area contributed by atoms with Crippen LogP contribution >= 0.6 is 0 Å². The van der Waals surface area contributed by atoms with E-state index in [9.17, 15) is 14.4 Å². The Morgan fingerprint density at radius 3 is 2.57 bits per heavy atom. The molecule has 0 spiro atoms. The summed E-state index contributed by atoms with van der Waals surface area (Å²) in [6.07, 6.45) is 1.34. The number of benzene rings is 1. The van der Waals surface area contributed by atoms with Crippen molar-refractivity contribution >= 4 is 23.6 Å². The van der Waals surface area contributed by atoms with Gasteiger partial charge in [0.25, 0.3) is 0 Å². The Balaban J connectivity index is 1.53. The molecule has 2 aliphatic heterocycles. The largest absolute Gasteiger partial charge is 0.450 e. The number of carbonyl (C=O) groups is 3. The fourth-order valence-corrected chi connectivity index (χ4v) is 3.96. The van der Waals surface area contributed by atoms with Crippen LogP contribution in [0.3, 0.4) is 0 Å². The predicted octanol–water partition coefficient (Wildman–Crippen LogP) is 2.39. The first kappa shape index (κ1) is 20.2. The predicted molar refractivity (Wildman–Crippen MR) is 106 cm³/mol. The molecule has 152 valence electrons. The highest BCUT2D eigenvalue weighted by Gasteiger charge is 2.36. The molecule has 1 aromatic rings. The SMILES string of the molecule is CCOC(=O)N1CCC(NC(=O)C2CC(=O)N(c3ccc(C)cc3C)C2)CC1. The summed E-state index contributed by atoms with van der Waals surface area (Å²) in [5.41, 5.74) is 3.07. The van der Waals surface area contributed by atoms with Crippen LogP contribution in [0, 0.1) is 19.8 Å². The Kier molecular flexibility index (Phi) is 6.21. The molecule has 1 aromatic carbocycles. The van der Waals surface area contributed by atoms with E-state index in [1.54, 1.807) is 16.7 Å². The lowest BCUT2D eigenvalue weighted by Gasteiger charge is -2.32. The monoisotopic (exact) mass is 387 g/mol. The molecular weight excluding hydrogens is 358 g/mol. The third-order valence-corrected chi connectivity index (χ3v) is 5.51. The third kappa shape index (κ3) is 4.46. The molecule has 0 radical (unpaired) electrons. The highest BCUT2D eigenvalue weighted by Crippen LogP contribution is 2.29. The van der Waals surface area contributed by atoms with Gasteiger partial charge in [0.2, 0.25) is 11.8 Å². The van der Waals surface area contributed by atoms with E-state index in [0.29, 0.717) is 39.1 Å². The number of aryl methyl sites for hydroxylation is 2. The Hall–Kier alpha value is -2.57. The van der Waals surface area contributed by atoms with Crippen molar-refractivity contribution in [3.63, 3.8) is 0 Å². The highest BCUT2D eigenvalue weighted by molar-refractivity contribution is 6.00. The molecule has 3 rings (SSSR count). The minimum Gasteiger partial charge on any atom is -0.450 e. The summed E-state index contributed by atoms with van der Waals surface area (Å²) in [5, 5.41) is 3.07. The van der Waals surface area contributed by atoms with Gasteiger partial charge in [0.1, 0.15) is 0 Å². The van der Waals surface area contributed by atoms with E-state index < -0.39 is 0 Å². The molecule has 3 amide bonds. The first-order chi connectivity index (χ1) is 13.4. The molecule has 2 aliphatic rings. The van der Waals surface area contributed by atoms with Crippen LogP contribution < -0.4 is 10.2 Å². The van der Waals surface area contributed by atoms with E-state index in [1.807, 2.05) is 32.0 Å². The summed E-state index contributed by atoms with van der Waals surface area (Å²) < 4.78 is 5.02. The molecule has 0 bridgehead atoms. The van der Waals surface area contributed by atoms with Crippen molar-refractivity contribution in [2.45, 2.75) is 46.1 Å². The maximum Gasteiger partial charge on any atom is 0.409 e. The molecular formula is C21H29N3O4. The van der Waals surface area contributed by atoms with Crippen LogP contribution in [0.5, 0.6) is 0 Å².